The molecule has 0 aromatic rings. The van der Waals surface area contributed by atoms with E-state index in [1.54, 1.807) is 14.2 Å². The summed E-state index contributed by atoms with van der Waals surface area (Å²) in [6.07, 6.45) is 7.47. The zero-order chi connectivity index (χ0) is 13.2. The predicted octanol–water partition coefficient (Wildman–Crippen LogP) is 1.25. The number of hydrogen-bond donors (Lipinski definition) is 1. The van der Waals surface area contributed by atoms with E-state index in [1.165, 1.54) is 38.6 Å². The Balaban J connectivity index is 1.43. The second kappa shape index (κ2) is 6.08. The van der Waals surface area contributed by atoms with Crippen molar-refractivity contribution in [3.8, 4) is 0 Å². The van der Waals surface area contributed by atoms with Crippen LogP contribution in [0.5, 0.6) is 0 Å². The monoisotopic (exact) mass is 268 g/mol. The minimum Gasteiger partial charge on any atom is -0.377 e. The molecule has 0 radical (unpaired) electrons. The van der Waals surface area contributed by atoms with Crippen LogP contribution in [0.15, 0.2) is 0 Å². The van der Waals surface area contributed by atoms with E-state index < -0.39 is 0 Å². The van der Waals surface area contributed by atoms with Gasteiger partial charge in [0.05, 0.1) is 12.2 Å². The number of fused-ring (bicyclic) bond motifs is 2. The molecule has 110 valence electrons. The molecule has 4 nitrogen and oxygen atoms in total. The number of likely N-dealkylation sites (tertiary alicyclic amines) is 1. The molecule has 0 aromatic heterocycles. The quantitative estimate of drug-likeness (QED) is 0.814. The fraction of sp³-hybridized carbons (Fsp3) is 1.00. The maximum absolute atomic E-state index is 5.50. The first-order valence-corrected chi connectivity index (χ1v) is 7.82. The van der Waals surface area contributed by atoms with Crippen LogP contribution >= 0.6 is 0 Å². The smallest absolute Gasteiger partial charge is 0.0971 e. The summed E-state index contributed by atoms with van der Waals surface area (Å²) in [5.41, 5.74) is 0. The molecule has 1 N–H and O–H groups in total. The molecule has 4 unspecified atom stereocenters. The fourth-order valence-electron chi connectivity index (χ4n) is 4.23. The number of hydrogen-bond acceptors (Lipinski definition) is 4. The molecule has 3 aliphatic rings. The van der Waals surface area contributed by atoms with E-state index in [-0.39, 0.29) is 12.2 Å². The van der Waals surface area contributed by atoms with E-state index in [0.29, 0.717) is 0 Å². The van der Waals surface area contributed by atoms with Crippen molar-refractivity contribution >= 4 is 0 Å². The van der Waals surface area contributed by atoms with Gasteiger partial charge in [-0.15, -0.1) is 0 Å². The van der Waals surface area contributed by atoms with Gasteiger partial charge in [-0.1, -0.05) is 0 Å². The lowest BCUT2D eigenvalue weighted by Crippen LogP contribution is -2.39. The second-order valence-corrected chi connectivity index (χ2v) is 6.57. The number of methoxy groups -OCH3 is 2. The van der Waals surface area contributed by atoms with Gasteiger partial charge < -0.3 is 14.8 Å². The van der Waals surface area contributed by atoms with Crippen molar-refractivity contribution in [3.63, 3.8) is 0 Å². The summed E-state index contributed by atoms with van der Waals surface area (Å²) in [5, 5.41) is 3.73. The summed E-state index contributed by atoms with van der Waals surface area (Å²) in [5.74, 6) is 0.932. The molecule has 2 bridgehead atoms. The summed E-state index contributed by atoms with van der Waals surface area (Å²) in [6, 6.07) is 1.64. The Labute approximate surface area is 116 Å². The highest BCUT2D eigenvalue weighted by Crippen LogP contribution is 2.33. The van der Waals surface area contributed by atoms with Crippen molar-refractivity contribution in [1.29, 1.82) is 0 Å². The minimum atomic E-state index is 0.259. The first-order valence-electron chi connectivity index (χ1n) is 7.82. The summed E-state index contributed by atoms with van der Waals surface area (Å²) >= 11 is 0. The Morgan fingerprint density at radius 3 is 2.11 bits per heavy atom. The van der Waals surface area contributed by atoms with Gasteiger partial charge in [0.2, 0.25) is 0 Å². The Bertz CT molecular complexity index is 276. The minimum absolute atomic E-state index is 0.259. The number of ether oxygens (including phenoxy) is 2. The van der Waals surface area contributed by atoms with Crippen molar-refractivity contribution in [2.45, 2.75) is 56.4 Å². The van der Waals surface area contributed by atoms with Crippen molar-refractivity contribution < 1.29 is 9.47 Å². The normalized spacial score (nSPS) is 42.9. The van der Waals surface area contributed by atoms with Crippen molar-refractivity contribution in [1.82, 2.24) is 10.2 Å². The van der Waals surface area contributed by atoms with Gasteiger partial charge in [-0.3, -0.25) is 4.90 Å². The van der Waals surface area contributed by atoms with E-state index >= 15 is 0 Å². The maximum atomic E-state index is 5.50. The van der Waals surface area contributed by atoms with E-state index in [2.05, 4.69) is 10.2 Å². The van der Waals surface area contributed by atoms with Crippen LogP contribution in [0, 0.1) is 5.92 Å². The van der Waals surface area contributed by atoms with Gasteiger partial charge in [-0.25, -0.2) is 0 Å². The van der Waals surface area contributed by atoms with Gasteiger partial charge >= 0.3 is 0 Å². The molecule has 0 spiro atoms. The first kappa shape index (κ1) is 13.8. The molecule has 3 saturated heterocycles. The van der Waals surface area contributed by atoms with E-state index in [9.17, 15) is 0 Å². The summed E-state index contributed by atoms with van der Waals surface area (Å²) in [7, 11) is 3.59. The Morgan fingerprint density at radius 1 is 1.00 bits per heavy atom. The Kier molecular flexibility index (Phi) is 4.42. The molecular formula is C15H28N2O2. The van der Waals surface area contributed by atoms with E-state index in [4.69, 9.17) is 9.47 Å². The van der Waals surface area contributed by atoms with Crippen LogP contribution in [0.1, 0.15) is 32.1 Å². The second-order valence-electron chi connectivity index (χ2n) is 6.57. The fourth-order valence-corrected chi connectivity index (χ4v) is 4.23. The highest BCUT2D eigenvalue weighted by atomic mass is 16.5. The number of piperidine rings is 1. The van der Waals surface area contributed by atoms with Crippen LogP contribution in [-0.2, 0) is 9.47 Å². The summed E-state index contributed by atoms with van der Waals surface area (Å²) in [6.45, 7) is 3.28. The van der Waals surface area contributed by atoms with Gasteiger partial charge in [0.15, 0.2) is 0 Å². The zero-order valence-electron chi connectivity index (χ0n) is 12.3. The summed E-state index contributed by atoms with van der Waals surface area (Å²) in [4.78, 5) is 2.52. The molecule has 0 amide bonds. The molecule has 3 heterocycles. The Morgan fingerprint density at radius 2 is 1.58 bits per heavy atom. The highest BCUT2D eigenvalue weighted by Gasteiger charge is 2.35. The molecular weight excluding hydrogens is 240 g/mol. The standard InChI is InChI=1S/C15H28N2O2/c1-18-14-9-17(10-15(14)19-2)6-5-11-7-12-3-4-13(8-11)16-12/h11-16H,3-10H2,1-2H3. The molecule has 3 fully saturated rings. The van der Waals surface area contributed by atoms with Gasteiger partial charge in [0, 0.05) is 39.4 Å². The molecule has 4 heteroatoms. The first-order chi connectivity index (χ1) is 9.28. The molecule has 0 aromatic carbocycles. The lowest BCUT2D eigenvalue weighted by Gasteiger charge is -2.30. The van der Waals surface area contributed by atoms with Crippen molar-refractivity contribution in [3.05, 3.63) is 0 Å². The van der Waals surface area contributed by atoms with E-state index in [0.717, 1.165) is 31.1 Å². The lowest BCUT2D eigenvalue weighted by molar-refractivity contribution is -0.00461. The lowest BCUT2D eigenvalue weighted by atomic mass is 9.89. The molecule has 3 rings (SSSR count). The molecule has 0 saturated carbocycles. The molecule has 4 atom stereocenters. The molecule has 0 aliphatic carbocycles. The average molecular weight is 268 g/mol. The topological polar surface area (TPSA) is 33.7 Å². The Hall–Kier alpha value is -0.160. The number of rotatable bonds is 5. The van der Waals surface area contributed by atoms with Crippen LogP contribution in [0.4, 0.5) is 0 Å². The largest absolute Gasteiger partial charge is 0.377 e. The highest BCUT2D eigenvalue weighted by molar-refractivity contribution is 4.93. The molecule has 3 aliphatic heterocycles. The van der Waals surface area contributed by atoms with Gasteiger partial charge in [-0.2, -0.15) is 0 Å². The predicted molar refractivity (Wildman–Crippen MR) is 75.3 cm³/mol. The third-order valence-electron chi connectivity index (χ3n) is 5.32. The van der Waals surface area contributed by atoms with Crippen molar-refractivity contribution in [2.24, 2.45) is 5.92 Å². The molecule has 19 heavy (non-hydrogen) atoms. The van der Waals surface area contributed by atoms with Gasteiger partial charge in [0.1, 0.15) is 0 Å². The van der Waals surface area contributed by atoms with Crippen LogP contribution < -0.4 is 5.32 Å². The van der Waals surface area contributed by atoms with Crippen LogP contribution in [0.3, 0.4) is 0 Å². The van der Waals surface area contributed by atoms with Crippen molar-refractivity contribution in [2.75, 3.05) is 33.9 Å². The third kappa shape index (κ3) is 3.13. The maximum Gasteiger partial charge on any atom is 0.0971 e. The number of nitrogens with one attached hydrogen (secondary N) is 1. The average Bonchev–Trinajstić information content (AvgIpc) is 2.99. The third-order valence-corrected chi connectivity index (χ3v) is 5.32. The van der Waals surface area contributed by atoms with E-state index in [1.807, 2.05) is 0 Å². The summed E-state index contributed by atoms with van der Waals surface area (Å²) < 4.78 is 11.0. The van der Waals surface area contributed by atoms with Gasteiger partial charge in [0.25, 0.3) is 0 Å². The SMILES string of the molecule is COC1CN(CCC2CC3CCC(C2)N3)CC1OC. The van der Waals surface area contributed by atoms with Crippen LogP contribution in [-0.4, -0.2) is 63.0 Å². The number of nitrogens with zero attached hydrogens (tertiary/aromatic N) is 1. The van der Waals surface area contributed by atoms with Crippen LogP contribution in [0.25, 0.3) is 0 Å². The zero-order valence-corrected chi connectivity index (χ0v) is 12.3. The van der Waals surface area contributed by atoms with Crippen LogP contribution in [0.2, 0.25) is 0 Å². The van der Waals surface area contributed by atoms with Gasteiger partial charge in [-0.05, 0) is 44.6 Å².